The number of carbonyl (C=O) groups excluding carboxylic acids is 2. The third-order valence-electron chi connectivity index (χ3n) is 4.90. The van der Waals surface area contributed by atoms with Crippen molar-refractivity contribution in [1.82, 2.24) is 10.3 Å². The Hall–Kier alpha value is -4.21. The molecule has 0 bridgehead atoms. The Kier molecular flexibility index (Phi) is 6.83. The maximum Gasteiger partial charge on any atom is 0.336 e. The highest BCUT2D eigenvalue weighted by Crippen LogP contribution is 2.39. The van der Waals surface area contributed by atoms with Gasteiger partial charge >= 0.3 is 5.97 Å². The summed E-state index contributed by atoms with van der Waals surface area (Å²) in [6.07, 6.45) is 2.00. The lowest BCUT2D eigenvalue weighted by molar-refractivity contribution is -0.384. The molecule has 0 radical (unpaired) electrons. The van der Waals surface area contributed by atoms with Crippen LogP contribution in [0.3, 0.4) is 0 Å². The molecule has 0 spiro atoms. The molecule has 1 aromatic carbocycles. The number of esters is 1. The molecule has 1 aromatic heterocycles. The maximum atomic E-state index is 13.0. The van der Waals surface area contributed by atoms with Gasteiger partial charge in [-0.2, -0.15) is 0 Å². The van der Waals surface area contributed by atoms with Gasteiger partial charge in [-0.25, -0.2) is 4.79 Å². The first-order chi connectivity index (χ1) is 15.3. The topological polar surface area (TPSA) is 141 Å². The molecular weight excluding hydrogens is 418 g/mol. The van der Waals surface area contributed by atoms with E-state index in [-0.39, 0.29) is 34.7 Å². The lowest BCUT2D eigenvalue weighted by atomic mass is 9.80. The predicted molar refractivity (Wildman–Crippen MR) is 112 cm³/mol. The fourth-order valence-corrected chi connectivity index (χ4v) is 3.42. The number of aliphatic hydroxyl groups is 1. The number of allylic oxidation sites excluding steroid dienone is 1. The van der Waals surface area contributed by atoms with Gasteiger partial charge in [-0.05, 0) is 24.6 Å². The van der Waals surface area contributed by atoms with Crippen LogP contribution < -0.4 is 5.32 Å². The molecule has 1 aliphatic rings. The number of nitro benzene ring substituents is 1. The number of pyridine rings is 1. The van der Waals surface area contributed by atoms with Crippen molar-refractivity contribution in [1.29, 1.82) is 0 Å². The number of non-ortho nitro benzene ring substituents is 1. The summed E-state index contributed by atoms with van der Waals surface area (Å²) in [6.45, 7) is 1.54. The number of benzene rings is 1. The third kappa shape index (κ3) is 4.75. The molecule has 0 saturated heterocycles. The van der Waals surface area contributed by atoms with E-state index in [2.05, 4.69) is 10.3 Å². The summed E-state index contributed by atoms with van der Waals surface area (Å²) in [7, 11) is 1.16. The summed E-state index contributed by atoms with van der Waals surface area (Å²) >= 11 is 0. The highest BCUT2D eigenvalue weighted by Gasteiger charge is 2.40. The number of methoxy groups -OCH3 is 1. The minimum atomic E-state index is -1.13. The summed E-state index contributed by atoms with van der Waals surface area (Å²) in [5, 5.41) is 24.0. The molecule has 0 aliphatic carbocycles. The Balaban J connectivity index is 1.99. The summed E-state index contributed by atoms with van der Waals surface area (Å²) in [4.78, 5) is 40.5. The standard InChI is InChI=1S/C22H21N3O7/c1-13-17(22(28)32-11-9-15-7-3-4-10-23-15)18(19(20(26)24-13)21(27)31-2)14-6-5-8-16(12-14)25(29)30/h3-8,10,12,18,27H,9,11H2,1-2H3,(H,24,26). The van der Waals surface area contributed by atoms with Crippen LogP contribution in [0.4, 0.5) is 5.69 Å². The number of hydrogen-bond acceptors (Lipinski definition) is 8. The number of nitrogens with one attached hydrogen (secondary N) is 1. The van der Waals surface area contributed by atoms with Crippen LogP contribution in [-0.4, -0.2) is 40.6 Å². The summed E-state index contributed by atoms with van der Waals surface area (Å²) in [5.74, 6) is -3.27. The van der Waals surface area contributed by atoms with Crippen LogP contribution in [0.15, 0.2) is 71.4 Å². The van der Waals surface area contributed by atoms with Gasteiger partial charge in [0.2, 0.25) is 0 Å². The van der Waals surface area contributed by atoms with E-state index in [0.29, 0.717) is 6.42 Å². The van der Waals surface area contributed by atoms with Crippen LogP contribution in [0.2, 0.25) is 0 Å². The van der Waals surface area contributed by atoms with Gasteiger partial charge in [-0.3, -0.25) is 19.9 Å². The predicted octanol–water partition coefficient (Wildman–Crippen LogP) is 2.68. The average molecular weight is 439 g/mol. The Labute approximate surface area is 183 Å². The van der Waals surface area contributed by atoms with Gasteiger partial charge in [0, 0.05) is 36.1 Å². The molecule has 1 aliphatic heterocycles. The smallest absolute Gasteiger partial charge is 0.336 e. The molecule has 1 atom stereocenters. The van der Waals surface area contributed by atoms with E-state index in [1.807, 2.05) is 6.07 Å². The molecule has 2 heterocycles. The van der Waals surface area contributed by atoms with Crippen molar-refractivity contribution in [2.24, 2.45) is 0 Å². The monoisotopic (exact) mass is 439 g/mol. The molecular formula is C22H21N3O7. The van der Waals surface area contributed by atoms with E-state index in [0.717, 1.165) is 12.8 Å². The zero-order chi connectivity index (χ0) is 23.3. The van der Waals surface area contributed by atoms with E-state index in [4.69, 9.17) is 9.47 Å². The number of rotatable bonds is 7. The number of aromatic nitrogens is 1. The Morgan fingerprint density at radius 1 is 1.28 bits per heavy atom. The van der Waals surface area contributed by atoms with Crippen LogP contribution in [0.1, 0.15) is 24.1 Å². The van der Waals surface area contributed by atoms with E-state index in [1.54, 1.807) is 18.3 Å². The van der Waals surface area contributed by atoms with Gasteiger partial charge in [0.15, 0.2) is 0 Å². The van der Waals surface area contributed by atoms with Crippen molar-refractivity contribution in [2.75, 3.05) is 13.7 Å². The number of ether oxygens (including phenoxy) is 2. The minimum Gasteiger partial charge on any atom is -0.481 e. The van der Waals surface area contributed by atoms with E-state index >= 15 is 0 Å². The Morgan fingerprint density at radius 2 is 2.06 bits per heavy atom. The molecule has 166 valence electrons. The SMILES string of the molecule is COC(O)=C1C(=O)NC(C)=C(C(=O)OCCc2ccccn2)C1c1cccc([N+](=O)[O-])c1. The third-order valence-corrected chi connectivity index (χ3v) is 4.90. The molecule has 1 amide bonds. The van der Waals surface area contributed by atoms with Gasteiger partial charge in [0.25, 0.3) is 17.5 Å². The van der Waals surface area contributed by atoms with Crippen LogP contribution in [0, 0.1) is 10.1 Å². The second kappa shape index (κ2) is 9.73. The average Bonchev–Trinajstić information content (AvgIpc) is 2.78. The Morgan fingerprint density at radius 3 is 2.72 bits per heavy atom. The van der Waals surface area contributed by atoms with Crippen molar-refractivity contribution >= 4 is 17.6 Å². The number of hydrogen-bond donors (Lipinski definition) is 2. The van der Waals surface area contributed by atoms with Gasteiger partial charge < -0.3 is 19.9 Å². The van der Waals surface area contributed by atoms with Gasteiger partial charge in [-0.15, -0.1) is 0 Å². The largest absolute Gasteiger partial charge is 0.481 e. The lowest BCUT2D eigenvalue weighted by Gasteiger charge is -2.29. The number of nitro groups is 1. The molecule has 0 saturated carbocycles. The summed E-state index contributed by atoms with van der Waals surface area (Å²) in [5.41, 5.74) is 0.742. The van der Waals surface area contributed by atoms with Gasteiger partial charge in [0.1, 0.15) is 5.57 Å². The van der Waals surface area contributed by atoms with Crippen molar-refractivity contribution < 1.29 is 29.1 Å². The number of amides is 1. The highest BCUT2D eigenvalue weighted by atomic mass is 16.6. The molecule has 1 unspecified atom stereocenters. The van der Waals surface area contributed by atoms with Crippen LogP contribution in [0.25, 0.3) is 0 Å². The van der Waals surface area contributed by atoms with Crippen molar-refractivity contribution in [3.8, 4) is 0 Å². The molecule has 2 aromatic rings. The number of carbonyl (C=O) groups is 2. The fourth-order valence-electron chi connectivity index (χ4n) is 3.42. The fraction of sp³-hybridized carbons (Fsp3) is 0.227. The summed E-state index contributed by atoms with van der Waals surface area (Å²) < 4.78 is 10.3. The maximum absolute atomic E-state index is 13.0. The summed E-state index contributed by atoms with van der Waals surface area (Å²) in [6, 6.07) is 10.9. The molecule has 3 rings (SSSR count). The van der Waals surface area contributed by atoms with Crippen LogP contribution in [-0.2, 0) is 25.5 Å². The first-order valence-corrected chi connectivity index (χ1v) is 9.64. The first kappa shape index (κ1) is 22.5. The number of nitrogens with zero attached hydrogens (tertiary/aromatic N) is 2. The van der Waals surface area contributed by atoms with Crippen molar-refractivity contribution in [3.05, 3.63) is 92.8 Å². The second-order valence-electron chi connectivity index (χ2n) is 6.91. The van der Waals surface area contributed by atoms with Crippen LogP contribution >= 0.6 is 0 Å². The molecule has 2 N–H and O–H groups in total. The zero-order valence-electron chi connectivity index (χ0n) is 17.4. The van der Waals surface area contributed by atoms with E-state index in [1.165, 1.54) is 31.2 Å². The molecule has 0 fully saturated rings. The second-order valence-corrected chi connectivity index (χ2v) is 6.91. The quantitative estimate of drug-likeness (QED) is 0.221. The zero-order valence-corrected chi connectivity index (χ0v) is 17.4. The van der Waals surface area contributed by atoms with E-state index in [9.17, 15) is 24.8 Å². The molecule has 10 nitrogen and oxygen atoms in total. The highest BCUT2D eigenvalue weighted by molar-refractivity contribution is 6.04. The van der Waals surface area contributed by atoms with Crippen LogP contribution in [0.5, 0.6) is 0 Å². The molecule has 32 heavy (non-hydrogen) atoms. The van der Waals surface area contributed by atoms with E-state index < -0.39 is 28.7 Å². The minimum absolute atomic E-state index is 0.0253. The van der Waals surface area contributed by atoms with Crippen molar-refractivity contribution in [3.63, 3.8) is 0 Å². The van der Waals surface area contributed by atoms with Gasteiger partial charge in [0.05, 0.1) is 30.1 Å². The Bertz CT molecular complexity index is 1110. The van der Waals surface area contributed by atoms with Crippen molar-refractivity contribution in [2.45, 2.75) is 19.3 Å². The number of aliphatic hydroxyl groups excluding tert-OH is 1. The first-order valence-electron chi connectivity index (χ1n) is 9.64. The normalized spacial score (nSPS) is 17.4. The molecule has 10 heteroatoms. The van der Waals surface area contributed by atoms with Gasteiger partial charge in [-0.1, -0.05) is 18.2 Å². The lowest BCUT2D eigenvalue weighted by Crippen LogP contribution is -2.37.